The van der Waals surface area contributed by atoms with E-state index in [0.29, 0.717) is 22.9 Å². The largest absolute Gasteiger partial charge is 0.489 e. The van der Waals surface area contributed by atoms with E-state index in [4.69, 9.17) is 32.0 Å². The summed E-state index contributed by atoms with van der Waals surface area (Å²) < 4.78 is 6.04. The molecule has 0 aliphatic rings. The molecule has 0 bridgehead atoms. The zero-order valence-electron chi connectivity index (χ0n) is 20.1. The normalized spacial score (nSPS) is 10.3. The number of hydrogen-bond donors (Lipinski definition) is 3. The quantitative estimate of drug-likeness (QED) is 0.277. The molecular formula is C27H31ClN2O4S. The fourth-order valence-corrected chi connectivity index (χ4v) is 4.45. The van der Waals surface area contributed by atoms with Gasteiger partial charge in [0.15, 0.2) is 5.78 Å². The molecule has 0 saturated heterocycles. The number of hydrogen-bond acceptors (Lipinski definition) is 6. The lowest BCUT2D eigenvalue weighted by atomic mass is 10.0. The Labute approximate surface area is 215 Å². The van der Waals surface area contributed by atoms with Crippen molar-refractivity contribution in [2.45, 2.75) is 27.4 Å². The average Bonchev–Trinajstić information content (AvgIpc) is 3.23. The van der Waals surface area contributed by atoms with Crippen molar-refractivity contribution in [1.82, 2.24) is 0 Å². The van der Waals surface area contributed by atoms with Gasteiger partial charge in [-0.25, -0.2) is 0 Å². The highest BCUT2D eigenvalue weighted by Crippen LogP contribution is 2.34. The number of ketones is 1. The summed E-state index contributed by atoms with van der Waals surface area (Å²) in [5, 5.41) is 10.2. The number of nitrogens with two attached hydrogens (primary N) is 2. The molecule has 0 atom stereocenters. The third kappa shape index (κ3) is 9.05. The highest BCUT2D eigenvalue weighted by Gasteiger charge is 2.19. The second-order valence-electron chi connectivity index (χ2n) is 7.02. The third-order valence-electron chi connectivity index (χ3n) is 4.51. The molecule has 1 aromatic heterocycles. The Morgan fingerprint density at radius 3 is 2.31 bits per heavy atom. The van der Waals surface area contributed by atoms with Crippen LogP contribution in [-0.4, -0.2) is 23.9 Å². The number of halogens is 1. The van der Waals surface area contributed by atoms with Gasteiger partial charge >= 0.3 is 0 Å². The Kier molecular flexibility index (Phi) is 13.1. The van der Waals surface area contributed by atoms with Crippen LogP contribution in [0.2, 0.25) is 5.02 Å². The van der Waals surface area contributed by atoms with Crippen LogP contribution in [0, 0.1) is 0 Å². The first-order valence-electron chi connectivity index (χ1n) is 10.7. The van der Waals surface area contributed by atoms with Gasteiger partial charge in [-0.2, -0.15) is 0 Å². The Morgan fingerprint density at radius 2 is 1.80 bits per heavy atom. The Hall–Kier alpha value is -3.39. The second-order valence-corrected chi connectivity index (χ2v) is 8.34. The predicted molar refractivity (Wildman–Crippen MR) is 146 cm³/mol. The van der Waals surface area contributed by atoms with Crippen molar-refractivity contribution in [1.29, 1.82) is 0 Å². The third-order valence-corrected chi connectivity index (χ3v) is 5.82. The van der Waals surface area contributed by atoms with E-state index in [1.165, 1.54) is 11.3 Å². The SMILES string of the molecule is C=C(N)c1c(COc2cccc(-c3ccc(Cl)cc3)c2)csc1/C(=C\C)C(C)=O.CCO.NC=O. The van der Waals surface area contributed by atoms with Gasteiger partial charge in [0, 0.05) is 38.9 Å². The van der Waals surface area contributed by atoms with Gasteiger partial charge in [-0.05, 0) is 61.5 Å². The van der Waals surface area contributed by atoms with Gasteiger partial charge in [0.2, 0.25) is 6.41 Å². The van der Waals surface area contributed by atoms with Gasteiger partial charge in [0.1, 0.15) is 12.4 Å². The van der Waals surface area contributed by atoms with Crippen molar-refractivity contribution in [3.63, 3.8) is 0 Å². The molecule has 6 nitrogen and oxygen atoms in total. The first kappa shape index (κ1) is 29.6. The second kappa shape index (κ2) is 15.5. The lowest BCUT2D eigenvalue weighted by Gasteiger charge is -2.11. The van der Waals surface area contributed by atoms with Crippen LogP contribution < -0.4 is 16.2 Å². The summed E-state index contributed by atoms with van der Waals surface area (Å²) in [6, 6.07) is 15.6. The molecule has 35 heavy (non-hydrogen) atoms. The lowest BCUT2D eigenvalue weighted by Crippen LogP contribution is -2.05. The summed E-state index contributed by atoms with van der Waals surface area (Å²) in [5.41, 5.74) is 15.1. The fourth-order valence-electron chi connectivity index (χ4n) is 3.11. The van der Waals surface area contributed by atoms with Crippen molar-refractivity contribution in [3.05, 3.63) is 87.6 Å². The van der Waals surface area contributed by atoms with Crippen LogP contribution in [0.15, 0.2) is 66.6 Å². The molecule has 0 fully saturated rings. The topological polar surface area (TPSA) is 116 Å². The van der Waals surface area contributed by atoms with Crippen LogP contribution in [0.25, 0.3) is 22.4 Å². The Morgan fingerprint density at radius 1 is 1.20 bits per heavy atom. The Balaban J connectivity index is 0.000000926. The minimum Gasteiger partial charge on any atom is -0.489 e. The molecule has 0 aliphatic heterocycles. The first-order chi connectivity index (χ1) is 16.7. The van der Waals surface area contributed by atoms with E-state index in [2.05, 4.69) is 12.3 Å². The van der Waals surface area contributed by atoms with Crippen LogP contribution in [0.3, 0.4) is 0 Å². The van der Waals surface area contributed by atoms with Gasteiger partial charge in [-0.15, -0.1) is 11.3 Å². The van der Waals surface area contributed by atoms with Crippen molar-refractivity contribution >= 4 is 46.4 Å². The number of aliphatic hydroxyl groups is 1. The molecule has 0 unspecified atom stereocenters. The number of ether oxygens (including phenoxy) is 1. The maximum atomic E-state index is 12.0. The van der Waals surface area contributed by atoms with Crippen molar-refractivity contribution in [3.8, 4) is 16.9 Å². The summed E-state index contributed by atoms with van der Waals surface area (Å²) in [5.74, 6) is 0.747. The monoisotopic (exact) mass is 514 g/mol. The molecule has 1 amide bonds. The zero-order chi connectivity index (χ0) is 26.4. The molecule has 1 heterocycles. The standard InChI is InChI=1S/C24H22ClNO2S.C2H6O.CH3NO/c1-4-22(16(3)27)24-23(15(2)26)19(14-29-24)13-28-21-7-5-6-18(12-21)17-8-10-20(25)11-9-17;1-2-3;2-1-3/h4-12,14H,2,13,26H2,1,3H3;3H,2H2,1H3;1H,(H2,2,3)/b22-4-;;. The maximum absolute atomic E-state index is 12.0. The van der Waals surface area contributed by atoms with Crippen LogP contribution in [0.1, 0.15) is 36.8 Å². The number of allylic oxidation sites excluding steroid dienone is 2. The number of thiophene rings is 1. The van der Waals surface area contributed by atoms with E-state index < -0.39 is 0 Å². The first-order valence-corrected chi connectivity index (χ1v) is 12.0. The molecule has 0 radical (unpaired) electrons. The number of carbonyl (C=O) groups is 2. The highest BCUT2D eigenvalue weighted by molar-refractivity contribution is 7.12. The molecule has 2 aromatic carbocycles. The molecule has 186 valence electrons. The van der Waals surface area contributed by atoms with E-state index in [-0.39, 0.29) is 18.8 Å². The molecule has 0 spiro atoms. The molecule has 3 aromatic rings. The number of benzene rings is 2. The average molecular weight is 515 g/mol. The molecule has 0 aliphatic carbocycles. The lowest BCUT2D eigenvalue weighted by molar-refractivity contribution is -0.111. The predicted octanol–water partition coefficient (Wildman–Crippen LogP) is 5.67. The summed E-state index contributed by atoms with van der Waals surface area (Å²) in [7, 11) is 0. The summed E-state index contributed by atoms with van der Waals surface area (Å²) in [6.07, 6.45) is 2.06. The maximum Gasteiger partial charge on any atom is 0.204 e. The Bertz CT molecular complexity index is 1150. The van der Waals surface area contributed by atoms with Crippen LogP contribution in [0.4, 0.5) is 0 Å². The van der Waals surface area contributed by atoms with Gasteiger partial charge in [0.05, 0.1) is 0 Å². The van der Waals surface area contributed by atoms with Gasteiger partial charge in [-0.1, -0.05) is 48.5 Å². The van der Waals surface area contributed by atoms with Gasteiger partial charge in [0.25, 0.3) is 0 Å². The number of carbonyl (C=O) groups excluding carboxylic acids is 2. The van der Waals surface area contributed by atoms with E-state index in [1.54, 1.807) is 19.9 Å². The van der Waals surface area contributed by atoms with Crippen molar-refractivity contribution in [2.24, 2.45) is 11.5 Å². The van der Waals surface area contributed by atoms with Crippen molar-refractivity contribution < 1.29 is 19.4 Å². The zero-order valence-corrected chi connectivity index (χ0v) is 21.7. The molecule has 5 N–H and O–H groups in total. The number of primary amides is 1. The molecular weight excluding hydrogens is 484 g/mol. The van der Waals surface area contributed by atoms with Crippen LogP contribution in [-0.2, 0) is 16.2 Å². The van der Waals surface area contributed by atoms with Crippen LogP contribution >= 0.6 is 22.9 Å². The number of rotatable bonds is 7. The number of aliphatic hydroxyl groups excluding tert-OH is 1. The molecule has 8 heteroatoms. The summed E-state index contributed by atoms with van der Waals surface area (Å²) in [4.78, 5) is 21.4. The minimum atomic E-state index is -0.0000148. The fraction of sp³-hybridized carbons (Fsp3) is 0.185. The van der Waals surface area contributed by atoms with E-state index in [0.717, 1.165) is 32.9 Å². The van der Waals surface area contributed by atoms with E-state index in [1.807, 2.05) is 60.8 Å². The summed E-state index contributed by atoms with van der Waals surface area (Å²) in [6.45, 7) is 9.55. The van der Waals surface area contributed by atoms with Crippen LogP contribution in [0.5, 0.6) is 5.75 Å². The summed E-state index contributed by atoms with van der Waals surface area (Å²) >= 11 is 7.46. The number of amides is 1. The van der Waals surface area contributed by atoms with E-state index >= 15 is 0 Å². The molecule has 3 rings (SSSR count). The van der Waals surface area contributed by atoms with Crippen molar-refractivity contribution in [2.75, 3.05) is 6.61 Å². The molecule has 0 saturated carbocycles. The van der Waals surface area contributed by atoms with Gasteiger partial charge < -0.3 is 21.3 Å². The number of Topliss-reactive ketones (excluding diaryl/α,β-unsaturated/α-hetero) is 1. The minimum absolute atomic E-state index is 0.0000148. The smallest absolute Gasteiger partial charge is 0.204 e. The van der Waals surface area contributed by atoms with Gasteiger partial charge in [-0.3, -0.25) is 9.59 Å². The van der Waals surface area contributed by atoms with E-state index in [9.17, 15) is 4.79 Å². The highest BCUT2D eigenvalue weighted by atomic mass is 35.5.